The molecule has 0 bridgehead atoms. The summed E-state index contributed by atoms with van der Waals surface area (Å²) in [6.07, 6.45) is 0.962. The summed E-state index contributed by atoms with van der Waals surface area (Å²) < 4.78 is 0. The van der Waals surface area contributed by atoms with E-state index in [-0.39, 0.29) is 6.04 Å². The lowest BCUT2D eigenvalue weighted by molar-refractivity contribution is 0.308. The fourth-order valence-corrected chi connectivity index (χ4v) is 2.67. The summed E-state index contributed by atoms with van der Waals surface area (Å²) in [7, 11) is 2.12. The summed E-state index contributed by atoms with van der Waals surface area (Å²) in [5, 5.41) is 3.26. The van der Waals surface area contributed by atoms with Crippen molar-refractivity contribution >= 4 is 11.3 Å². The molecule has 1 aromatic carbocycles. The van der Waals surface area contributed by atoms with Crippen molar-refractivity contribution in [3.05, 3.63) is 52.0 Å². The SMILES string of the molecule is Cc1nc(CN(C)CCC(N)c2ccccc2)cs1. The number of hydrogen-bond donors (Lipinski definition) is 1. The van der Waals surface area contributed by atoms with Crippen molar-refractivity contribution < 1.29 is 0 Å². The molecule has 2 N–H and O–H groups in total. The van der Waals surface area contributed by atoms with Crippen molar-refractivity contribution in [3.8, 4) is 0 Å². The number of hydrogen-bond acceptors (Lipinski definition) is 4. The van der Waals surface area contributed by atoms with Gasteiger partial charge in [0.25, 0.3) is 0 Å². The molecule has 0 aliphatic heterocycles. The Bertz CT molecular complexity index is 495. The van der Waals surface area contributed by atoms with Crippen LogP contribution >= 0.6 is 11.3 Å². The van der Waals surface area contributed by atoms with Gasteiger partial charge in [0.15, 0.2) is 0 Å². The maximum Gasteiger partial charge on any atom is 0.0897 e. The third-order valence-electron chi connectivity index (χ3n) is 3.15. The highest BCUT2D eigenvalue weighted by molar-refractivity contribution is 7.09. The molecule has 0 amide bonds. The Morgan fingerprint density at radius 1 is 1.32 bits per heavy atom. The van der Waals surface area contributed by atoms with Gasteiger partial charge in [0.1, 0.15) is 0 Å². The van der Waals surface area contributed by atoms with Crippen molar-refractivity contribution in [1.29, 1.82) is 0 Å². The second-order valence-electron chi connectivity index (χ2n) is 4.90. The third-order valence-corrected chi connectivity index (χ3v) is 3.97. The fourth-order valence-electron chi connectivity index (χ4n) is 2.06. The number of aryl methyl sites for hydroxylation is 1. The summed E-state index contributed by atoms with van der Waals surface area (Å²) in [5.74, 6) is 0. The molecular formula is C15H21N3S. The normalized spacial score (nSPS) is 12.8. The Hall–Kier alpha value is -1.23. The van der Waals surface area contributed by atoms with Crippen LogP contribution in [0.15, 0.2) is 35.7 Å². The summed E-state index contributed by atoms with van der Waals surface area (Å²) in [5.41, 5.74) is 8.56. The highest BCUT2D eigenvalue weighted by Gasteiger charge is 2.08. The molecule has 0 fully saturated rings. The lowest BCUT2D eigenvalue weighted by atomic mass is 10.0. The van der Waals surface area contributed by atoms with E-state index in [1.54, 1.807) is 11.3 Å². The van der Waals surface area contributed by atoms with E-state index in [9.17, 15) is 0 Å². The molecule has 2 rings (SSSR count). The standard InChI is InChI=1S/C15H21N3S/c1-12-17-14(11-19-12)10-18(2)9-8-15(16)13-6-4-3-5-7-13/h3-7,11,15H,8-10,16H2,1-2H3. The number of aromatic nitrogens is 1. The third kappa shape index (κ3) is 4.42. The zero-order valence-electron chi connectivity index (χ0n) is 11.5. The number of nitrogens with two attached hydrogens (primary N) is 1. The minimum absolute atomic E-state index is 0.112. The molecule has 1 atom stereocenters. The van der Waals surface area contributed by atoms with Crippen molar-refractivity contribution in [2.45, 2.75) is 25.9 Å². The number of thiazole rings is 1. The zero-order chi connectivity index (χ0) is 13.7. The van der Waals surface area contributed by atoms with Crippen LogP contribution in [0.4, 0.5) is 0 Å². The van der Waals surface area contributed by atoms with Crippen LogP contribution in [0.1, 0.15) is 28.7 Å². The van der Waals surface area contributed by atoms with Gasteiger partial charge < -0.3 is 10.6 Å². The minimum Gasteiger partial charge on any atom is -0.324 e. The van der Waals surface area contributed by atoms with Gasteiger partial charge in [-0.25, -0.2) is 4.98 Å². The molecule has 0 radical (unpaired) electrons. The van der Waals surface area contributed by atoms with Crippen LogP contribution in [0.5, 0.6) is 0 Å². The van der Waals surface area contributed by atoms with Crippen LogP contribution in [0, 0.1) is 6.92 Å². The Morgan fingerprint density at radius 2 is 2.05 bits per heavy atom. The maximum absolute atomic E-state index is 6.20. The molecule has 0 spiro atoms. The molecule has 1 heterocycles. The van der Waals surface area contributed by atoms with E-state index in [0.29, 0.717) is 0 Å². The van der Waals surface area contributed by atoms with Gasteiger partial charge in [0, 0.05) is 24.5 Å². The first kappa shape index (κ1) is 14.2. The molecule has 19 heavy (non-hydrogen) atoms. The highest BCUT2D eigenvalue weighted by Crippen LogP contribution is 2.15. The number of benzene rings is 1. The van der Waals surface area contributed by atoms with E-state index in [1.165, 1.54) is 5.56 Å². The van der Waals surface area contributed by atoms with E-state index in [0.717, 1.165) is 30.2 Å². The number of nitrogens with zero attached hydrogens (tertiary/aromatic N) is 2. The molecule has 4 heteroatoms. The van der Waals surface area contributed by atoms with Crippen LogP contribution in [-0.4, -0.2) is 23.5 Å². The van der Waals surface area contributed by atoms with Crippen molar-refractivity contribution in [1.82, 2.24) is 9.88 Å². The molecule has 2 aromatic rings. The van der Waals surface area contributed by atoms with E-state index < -0.39 is 0 Å². The number of rotatable bonds is 6. The average molecular weight is 275 g/mol. The molecule has 3 nitrogen and oxygen atoms in total. The predicted molar refractivity (Wildman–Crippen MR) is 81.2 cm³/mol. The van der Waals surface area contributed by atoms with Gasteiger partial charge in [-0.3, -0.25) is 0 Å². The largest absolute Gasteiger partial charge is 0.324 e. The first-order chi connectivity index (χ1) is 9.15. The Labute approximate surface area is 119 Å². The molecular weight excluding hydrogens is 254 g/mol. The first-order valence-corrected chi connectivity index (χ1v) is 7.43. The second kappa shape index (κ2) is 6.80. The molecule has 0 saturated carbocycles. The van der Waals surface area contributed by atoms with Crippen LogP contribution in [0.2, 0.25) is 0 Å². The first-order valence-electron chi connectivity index (χ1n) is 6.55. The van der Waals surface area contributed by atoms with E-state index in [2.05, 4.69) is 34.4 Å². The van der Waals surface area contributed by atoms with E-state index in [1.807, 2.05) is 25.1 Å². The van der Waals surface area contributed by atoms with Gasteiger partial charge in [-0.2, -0.15) is 0 Å². The Balaban J connectivity index is 1.79. The molecule has 102 valence electrons. The van der Waals surface area contributed by atoms with Crippen molar-refractivity contribution in [2.24, 2.45) is 5.73 Å². The quantitative estimate of drug-likeness (QED) is 0.881. The second-order valence-corrected chi connectivity index (χ2v) is 5.96. The highest BCUT2D eigenvalue weighted by atomic mass is 32.1. The summed E-state index contributed by atoms with van der Waals surface area (Å²) in [6.45, 7) is 3.91. The van der Waals surface area contributed by atoms with E-state index >= 15 is 0 Å². The Morgan fingerprint density at radius 3 is 2.68 bits per heavy atom. The zero-order valence-corrected chi connectivity index (χ0v) is 12.4. The van der Waals surface area contributed by atoms with Crippen LogP contribution in [0.25, 0.3) is 0 Å². The van der Waals surface area contributed by atoms with Gasteiger partial charge >= 0.3 is 0 Å². The van der Waals surface area contributed by atoms with Gasteiger partial charge in [0.05, 0.1) is 10.7 Å². The predicted octanol–water partition coefficient (Wildman–Crippen LogP) is 2.97. The average Bonchev–Trinajstić information content (AvgIpc) is 2.82. The molecule has 0 aliphatic rings. The lowest BCUT2D eigenvalue weighted by Gasteiger charge is -2.18. The monoisotopic (exact) mass is 275 g/mol. The van der Waals surface area contributed by atoms with Crippen LogP contribution in [0.3, 0.4) is 0 Å². The van der Waals surface area contributed by atoms with Crippen molar-refractivity contribution in [3.63, 3.8) is 0 Å². The molecule has 1 aromatic heterocycles. The topological polar surface area (TPSA) is 42.2 Å². The summed E-state index contributed by atoms with van der Waals surface area (Å²) >= 11 is 1.71. The molecule has 0 saturated heterocycles. The van der Waals surface area contributed by atoms with Crippen LogP contribution in [-0.2, 0) is 6.54 Å². The van der Waals surface area contributed by atoms with Crippen LogP contribution < -0.4 is 5.73 Å². The molecule has 1 unspecified atom stereocenters. The minimum atomic E-state index is 0.112. The van der Waals surface area contributed by atoms with Gasteiger partial charge in [-0.05, 0) is 26.0 Å². The summed E-state index contributed by atoms with van der Waals surface area (Å²) in [4.78, 5) is 6.76. The molecule has 0 aliphatic carbocycles. The fraction of sp³-hybridized carbons (Fsp3) is 0.400. The summed E-state index contributed by atoms with van der Waals surface area (Å²) in [6, 6.07) is 10.4. The Kier molecular flexibility index (Phi) is 5.07. The smallest absolute Gasteiger partial charge is 0.0897 e. The van der Waals surface area contributed by atoms with E-state index in [4.69, 9.17) is 5.73 Å². The van der Waals surface area contributed by atoms with Gasteiger partial charge in [-0.15, -0.1) is 11.3 Å². The van der Waals surface area contributed by atoms with Gasteiger partial charge in [-0.1, -0.05) is 30.3 Å². The van der Waals surface area contributed by atoms with Crippen molar-refractivity contribution in [2.75, 3.05) is 13.6 Å². The van der Waals surface area contributed by atoms with Gasteiger partial charge in [0.2, 0.25) is 0 Å². The maximum atomic E-state index is 6.20. The lowest BCUT2D eigenvalue weighted by Crippen LogP contribution is -2.23.